The van der Waals surface area contributed by atoms with Crippen LogP contribution >= 0.6 is 0 Å². The number of nitrogens with one attached hydrogen (secondary N) is 1. The summed E-state index contributed by atoms with van der Waals surface area (Å²) >= 11 is 0. The summed E-state index contributed by atoms with van der Waals surface area (Å²) in [4.78, 5) is 10.2. The second kappa shape index (κ2) is 3.80. The zero-order chi connectivity index (χ0) is 9.84. The van der Waals surface area contributed by atoms with Crippen LogP contribution in [0.1, 0.15) is 5.56 Å². The molecule has 0 aliphatic rings. The molecule has 0 fully saturated rings. The molecular weight excluding hydrogens is 170 g/mol. The van der Waals surface area contributed by atoms with E-state index in [-0.39, 0.29) is 12.3 Å². The third-order valence-electron chi connectivity index (χ3n) is 1.64. The number of hydrogen-bond acceptors (Lipinski definition) is 3. The van der Waals surface area contributed by atoms with Crippen molar-refractivity contribution in [2.75, 3.05) is 11.9 Å². The van der Waals surface area contributed by atoms with Crippen LogP contribution in [-0.4, -0.2) is 22.7 Å². The lowest BCUT2D eigenvalue weighted by atomic mass is 10.2. The molecule has 0 radical (unpaired) electrons. The SMILES string of the molecule is Cc1cc(NCC(=O)O)ccc1O. The number of rotatable bonds is 3. The minimum absolute atomic E-state index is 0.121. The molecule has 1 aromatic rings. The maximum atomic E-state index is 10.2. The van der Waals surface area contributed by atoms with Gasteiger partial charge in [-0.05, 0) is 30.7 Å². The van der Waals surface area contributed by atoms with Crippen LogP contribution in [-0.2, 0) is 4.79 Å². The zero-order valence-electron chi connectivity index (χ0n) is 7.24. The normalized spacial score (nSPS) is 9.62. The molecule has 4 heteroatoms. The Morgan fingerprint density at radius 1 is 1.54 bits per heavy atom. The molecule has 0 saturated carbocycles. The number of aliphatic carboxylic acids is 1. The van der Waals surface area contributed by atoms with Crippen molar-refractivity contribution in [2.45, 2.75) is 6.92 Å². The predicted molar refractivity (Wildman–Crippen MR) is 49.0 cm³/mol. The molecule has 0 aliphatic heterocycles. The van der Waals surface area contributed by atoms with Crippen molar-refractivity contribution in [1.29, 1.82) is 0 Å². The monoisotopic (exact) mass is 181 g/mol. The van der Waals surface area contributed by atoms with Crippen LogP contribution in [0.3, 0.4) is 0 Å². The average Bonchev–Trinajstić information content (AvgIpc) is 2.07. The fourth-order valence-corrected chi connectivity index (χ4v) is 0.943. The first-order valence-electron chi connectivity index (χ1n) is 3.85. The van der Waals surface area contributed by atoms with Crippen molar-refractivity contribution in [2.24, 2.45) is 0 Å². The fourth-order valence-electron chi connectivity index (χ4n) is 0.943. The largest absolute Gasteiger partial charge is 0.508 e. The molecule has 0 spiro atoms. The van der Waals surface area contributed by atoms with Gasteiger partial charge < -0.3 is 15.5 Å². The highest BCUT2D eigenvalue weighted by atomic mass is 16.4. The first-order chi connectivity index (χ1) is 6.09. The van der Waals surface area contributed by atoms with E-state index in [1.807, 2.05) is 0 Å². The highest BCUT2D eigenvalue weighted by Gasteiger charge is 1.99. The molecule has 0 saturated heterocycles. The van der Waals surface area contributed by atoms with Gasteiger partial charge in [-0.2, -0.15) is 0 Å². The average molecular weight is 181 g/mol. The van der Waals surface area contributed by atoms with E-state index in [9.17, 15) is 9.90 Å². The molecular formula is C9H11NO3. The van der Waals surface area contributed by atoms with Gasteiger partial charge in [0, 0.05) is 5.69 Å². The van der Waals surface area contributed by atoms with E-state index in [4.69, 9.17) is 5.11 Å². The summed E-state index contributed by atoms with van der Waals surface area (Å²) in [6, 6.07) is 4.85. The highest BCUT2D eigenvalue weighted by Crippen LogP contribution is 2.19. The Hall–Kier alpha value is -1.71. The van der Waals surface area contributed by atoms with Crippen molar-refractivity contribution < 1.29 is 15.0 Å². The van der Waals surface area contributed by atoms with Gasteiger partial charge in [0.25, 0.3) is 0 Å². The number of phenols is 1. The first kappa shape index (κ1) is 9.38. The van der Waals surface area contributed by atoms with Crippen molar-refractivity contribution in [3.63, 3.8) is 0 Å². The van der Waals surface area contributed by atoms with Gasteiger partial charge in [-0.25, -0.2) is 0 Å². The topological polar surface area (TPSA) is 69.6 Å². The molecule has 4 nitrogen and oxygen atoms in total. The molecule has 0 aromatic heterocycles. The third kappa shape index (κ3) is 2.66. The molecule has 1 aromatic carbocycles. The van der Waals surface area contributed by atoms with Crippen LogP contribution in [0.5, 0.6) is 5.75 Å². The number of carboxylic acid groups (broad SMARTS) is 1. The summed E-state index contributed by atoms with van der Waals surface area (Å²) in [5, 5.41) is 20.3. The van der Waals surface area contributed by atoms with Crippen LogP contribution in [0.25, 0.3) is 0 Å². The van der Waals surface area contributed by atoms with Gasteiger partial charge in [0.1, 0.15) is 12.3 Å². The van der Waals surface area contributed by atoms with Gasteiger partial charge in [-0.1, -0.05) is 0 Å². The number of benzene rings is 1. The van der Waals surface area contributed by atoms with Crippen LogP contribution in [0, 0.1) is 6.92 Å². The molecule has 1 rings (SSSR count). The van der Waals surface area contributed by atoms with Gasteiger partial charge in [0.05, 0.1) is 0 Å². The second-order valence-corrected chi connectivity index (χ2v) is 2.75. The summed E-state index contributed by atoms with van der Waals surface area (Å²) in [5.41, 5.74) is 1.41. The van der Waals surface area contributed by atoms with E-state index in [1.54, 1.807) is 19.1 Å². The maximum Gasteiger partial charge on any atom is 0.322 e. The Morgan fingerprint density at radius 3 is 2.77 bits per heavy atom. The van der Waals surface area contributed by atoms with Crippen LogP contribution in [0.4, 0.5) is 5.69 Å². The molecule has 0 heterocycles. The van der Waals surface area contributed by atoms with E-state index < -0.39 is 5.97 Å². The smallest absolute Gasteiger partial charge is 0.322 e. The van der Waals surface area contributed by atoms with Crippen molar-refractivity contribution in [1.82, 2.24) is 0 Å². The van der Waals surface area contributed by atoms with E-state index in [0.29, 0.717) is 5.69 Å². The summed E-state index contributed by atoms with van der Waals surface area (Å²) in [6.45, 7) is 1.63. The lowest BCUT2D eigenvalue weighted by Crippen LogP contribution is -2.12. The van der Waals surface area contributed by atoms with Crippen molar-refractivity contribution >= 4 is 11.7 Å². The molecule has 0 amide bonds. The van der Waals surface area contributed by atoms with E-state index in [0.717, 1.165) is 5.56 Å². The van der Waals surface area contributed by atoms with Gasteiger partial charge in [-0.15, -0.1) is 0 Å². The quantitative estimate of drug-likeness (QED) is 0.613. The van der Waals surface area contributed by atoms with Gasteiger partial charge >= 0.3 is 5.97 Å². The molecule has 3 N–H and O–H groups in total. The number of aromatic hydroxyl groups is 1. The summed E-state index contributed by atoms with van der Waals surface area (Å²) in [7, 11) is 0. The first-order valence-corrected chi connectivity index (χ1v) is 3.85. The molecule has 13 heavy (non-hydrogen) atoms. The van der Waals surface area contributed by atoms with E-state index in [2.05, 4.69) is 5.32 Å². The zero-order valence-corrected chi connectivity index (χ0v) is 7.24. The number of phenolic OH excluding ortho intramolecular Hbond substituents is 1. The van der Waals surface area contributed by atoms with Crippen LogP contribution in [0.2, 0.25) is 0 Å². The molecule has 70 valence electrons. The summed E-state index contributed by atoms with van der Waals surface area (Å²) in [6.07, 6.45) is 0. The molecule has 0 atom stereocenters. The Morgan fingerprint density at radius 2 is 2.23 bits per heavy atom. The number of hydrogen-bond donors (Lipinski definition) is 3. The van der Waals surface area contributed by atoms with Crippen LogP contribution in [0.15, 0.2) is 18.2 Å². The van der Waals surface area contributed by atoms with Gasteiger partial charge in [0.2, 0.25) is 0 Å². The minimum atomic E-state index is -0.911. The number of carbonyl (C=O) groups is 1. The number of aryl methyl sites for hydroxylation is 1. The second-order valence-electron chi connectivity index (χ2n) is 2.75. The third-order valence-corrected chi connectivity index (χ3v) is 1.64. The molecule has 0 aliphatic carbocycles. The predicted octanol–water partition coefficient (Wildman–Crippen LogP) is 1.20. The Kier molecular flexibility index (Phi) is 2.74. The lowest BCUT2D eigenvalue weighted by molar-refractivity contribution is -0.134. The molecule has 0 unspecified atom stereocenters. The number of carboxylic acids is 1. The van der Waals surface area contributed by atoms with E-state index >= 15 is 0 Å². The van der Waals surface area contributed by atoms with Gasteiger partial charge in [-0.3, -0.25) is 4.79 Å². The lowest BCUT2D eigenvalue weighted by Gasteiger charge is -2.05. The van der Waals surface area contributed by atoms with Crippen molar-refractivity contribution in [3.8, 4) is 5.75 Å². The fraction of sp³-hybridized carbons (Fsp3) is 0.222. The highest BCUT2D eigenvalue weighted by molar-refractivity contribution is 5.72. The van der Waals surface area contributed by atoms with E-state index in [1.165, 1.54) is 6.07 Å². The standard InChI is InChI=1S/C9H11NO3/c1-6-4-7(2-3-8(6)11)10-5-9(12)13/h2-4,10-11H,5H2,1H3,(H,12,13). The Labute approximate surface area is 75.8 Å². The Bertz CT molecular complexity index is 323. The number of anilines is 1. The molecule has 0 bridgehead atoms. The Balaban J connectivity index is 2.68. The van der Waals surface area contributed by atoms with Gasteiger partial charge in [0.15, 0.2) is 0 Å². The maximum absolute atomic E-state index is 10.2. The summed E-state index contributed by atoms with van der Waals surface area (Å²) < 4.78 is 0. The van der Waals surface area contributed by atoms with Crippen molar-refractivity contribution in [3.05, 3.63) is 23.8 Å². The van der Waals surface area contributed by atoms with Crippen LogP contribution < -0.4 is 5.32 Å². The minimum Gasteiger partial charge on any atom is -0.508 e. The summed E-state index contributed by atoms with van der Waals surface area (Å²) in [5.74, 6) is -0.702.